The molecule has 2 N–H and O–H groups in total. The Kier molecular flexibility index (Phi) is 3.78. The first-order valence-corrected chi connectivity index (χ1v) is 8.08. The van der Waals surface area contributed by atoms with Gasteiger partial charge in [-0.2, -0.15) is 5.10 Å². The second-order valence-electron chi connectivity index (χ2n) is 5.67. The monoisotopic (exact) mass is 331 g/mol. The van der Waals surface area contributed by atoms with Gasteiger partial charge in [-0.25, -0.2) is 4.68 Å². The fraction of sp³-hybridized carbons (Fsp3) is 0.105. The van der Waals surface area contributed by atoms with Crippen molar-refractivity contribution in [2.75, 3.05) is 5.73 Å². The van der Waals surface area contributed by atoms with E-state index in [0.717, 1.165) is 28.9 Å². The van der Waals surface area contributed by atoms with Gasteiger partial charge in [0.15, 0.2) is 0 Å². The van der Waals surface area contributed by atoms with Crippen LogP contribution in [0.1, 0.15) is 12.5 Å². The lowest BCUT2D eigenvalue weighted by atomic mass is 10.1. The van der Waals surface area contributed by atoms with Crippen LogP contribution >= 0.6 is 0 Å². The Balaban J connectivity index is 1.87. The van der Waals surface area contributed by atoms with Crippen LogP contribution in [0.3, 0.4) is 0 Å². The molecular weight excluding hydrogens is 314 g/mol. The number of aromatic nitrogens is 4. The zero-order chi connectivity index (χ0) is 17.2. The van der Waals surface area contributed by atoms with Crippen LogP contribution in [0, 0.1) is 0 Å². The maximum Gasteiger partial charge on any atom is 0.313 e. The highest BCUT2D eigenvalue weighted by molar-refractivity contribution is 5.77. The molecule has 0 aliphatic heterocycles. The van der Waals surface area contributed by atoms with Crippen LogP contribution in [0.2, 0.25) is 0 Å². The van der Waals surface area contributed by atoms with E-state index >= 15 is 0 Å². The Labute approximate surface area is 144 Å². The second kappa shape index (κ2) is 6.24. The largest absolute Gasteiger partial charge is 0.403 e. The van der Waals surface area contributed by atoms with Gasteiger partial charge in [0.2, 0.25) is 0 Å². The average molecular weight is 331 g/mol. The summed E-state index contributed by atoms with van der Waals surface area (Å²) in [6.45, 7) is 2.13. The molecule has 0 bridgehead atoms. The molecule has 6 heteroatoms. The molecule has 2 heterocycles. The number of nitrogen functional groups attached to an aromatic ring is 1. The zero-order valence-electron chi connectivity index (χ0n) is 13.8. The van der Waals surface area contributed by atoms with E-state index < -0.39 is 0 Å². The zero-order valence-corrected chi connectivity index (χ0v) is 13.8. The number of nitrogens with two attached hydrogens (primary N) is 1. The van der Waals surface area contributed by atoms with Crippen molar-refractivity contribution in [3.63, 3.8) is 0 Å². The Morgan fingerprint density at radius 1 is 1.00 bits per heavy atom. The van der Waals surface area contributed by atoms with Gasteiger partial charge in [-0.15, -0.1) is 5.10 Å². The number of benzene rings is 2. The first kappa shape index (κ1) is 15.1. The van der Waals surface area contributed by atoms with Crippen molar-refractivity contribution in [1.82, 2.24) is 20.0 Å². The third kappa shape index (κ3) is 2.89. The molecule has 124 valence electrons. The molecule has 0 aliphatic rings. The van der Waals surface area contributed by atoms with Crippen molar-refractivity contribution >= 4 is 6.01 Å². The maximum atomic E-state index is 5.59. The van der Waals surface area contributed by atoms with E-state index in [4.69, 9.17) is 15.2 Å². The minimum absolute atomic E-state index is 0.0368. The molecule has 4 rings (SSSR count). The van der Waals surface area contributed by atoms with Gasteiger partial charge in [0, 0.05) is 11.8 Å². The van der Waals surface area contributed by atoms with E-state index in [0.29, 0.717) is 5.89 Å². The lowest BCUT2D eigenvalue weighted by Crippen LogP contribution is -1.94. The summed E-state index contributed by atoms with van der Waals surface area (Å²) in [4.78, 5) is 0. The summed E-state index contributed by atoms with van der Waals surface area (Å²) in [5, 5.41) is 12.5. The SMILES string of the molecule is CCc1ccc(-c2nn(-c3ccccc3)cc2-c2nnc(N)o2)cc1. The normalized spacial score (nSPS) is 10.9. The Bertz CT molecular complexity index is 986. The second-order valence-corrected chi connectivity index (χ2v) is 5.67. The van der Waals surface area contributed by atoms with Gasteiger partial charge in [-0.05, 0) is 24.1 Å². The van der Waals surface area contributed by atoms with Gasteiger partial charge < -0.3 is 10.2 Å². The topological polar surface area (TPSA) is 82.8 Å². The molecule has 0 saturated carbocycles. The number of aryl methyl sites for hydroxylation is 1. The molecule has 0 unspecified atom stereocenters. The van der Waals surface area contributed by atoms with Crippen molar-refractivity contribution in [3.8, 4) is 28.4 Å². The van der Waals surface area contributed by atoms with Crippen molar-refractivity contribution in [2.45, 2.75) is 13.3 Å². The molecule has 25 heavy (non-hydrogen) atoms. The van der Waals surface area contributed by atoms with Gasteiger partial charge in [0.05, 0.1) is 11.3 Å². The quantitative estimate of drug-likeness (QED) is 0.616. The number of rotatable bonds is 4. The van der Waals surface area contributed by atoms with Crippen molar-refractivity contribution in [2.24, 2.45) is 0 Å². The third-order valence-corrected chi connectivity index (χ3v) is 4.04. The molecule has 0 spiro atoms. The van der Waals surface area contributed by atoms with E-state index in [1.165, 1.54) is 5.56 Å². The Hall–Kier alpha value is -3.41. The minimum atomic E-state index is 0.0368. The predicted molar refractivity (Wildman–Crippen MR) is 96.1 cm³/mol. The van der Waals surface area contributed by atoms with Crippen LogP contribution in [0.4, 0.5) is 6.01 Å². The summed E-state index contributed by atoms with van der Waals surface area (Å²) in [6.07, 6.45) is 2.87. The highest BCUT2D eigenvalue weighted by Gasteiger charge is 2.18. The van der Waals surface area contributed by atoms with Crippen LogP contribution in [0.5, 0.6) is 0 Å². The summed E-state index contributed by atoms with van der Waals surface area (Å²) < 4.78 is 7.23. The Morgan fingerprint density at radius 3 is 2.40 bits per heavy atom. The smallest absolute Gasteiger partial charge is 0.313 e. The number of hydrogen-bond acceptors (Lipinski definition) is 5. The van der Waals surface area contributed by atoms with Crippen LogP contribution in [-0.2, 0) is 6.42 Å². The first-order chi connectivity index (χ1) is 12.2. The third-order valence-electron chi connectivity index (χ3n) is 4.04. The molecule has 6 nitrogen and oxygen atoms in total. The van der Waals surface area contributed by atoms with E-state index in [2.05, 4.69) is 41.4 Å². The van der Waals surface area contributed by atoms with Gasteiger partial charge >= 0.3 is 6.01 Å². The van der Waals surface area contributed by atoms with Crippen molar-refractivity contribution in [1.29, 1.82) is 0 Å². The van der Waals surface area contributed by atoms with Gasteiger partial charge in [0.1, 0.15) is 5.69 Å². The summed E-state index contributed by atoms with van der Waals surface area (Å²) in [7, 11) is 0. The van der Waals surface area contributed by atoms with Gasteiger partial charge in [-0.1, -0.05) is 54.5 Å². The molecule has 0 saturated heterocycles. The summed E-state index contributed by atoms with van der Waals surface area (Å²) in [6, 6.07) is 18.2. The Morgan fingerprint density at radius 2 is 1.76 bits per heavy atom. The first-order valence-electron chi connectivity index (χ1n) is 8.08. The molecule has 2 aromatic heterocycles. The van der Waals surface area contributed by atoms with E-state index in [9.17, 15) is 0 Å². The van der Waals surface area contributed by atoms with Crippen LogP contribution in [-0.4, -0.2) is 20.0 Å². The molecule has 0 fully saturated rings. The molecule has 0 aliphatic carbocycles. The van der Waals surface area contributed by atoms with E-state index in [1.54, 1.807) is 4.68 Å². The summed E-state index contributed by atoms with van der Waals surface area (Å²) >= 11 is 0. The fourth-order valence-electron chi connectivity index (χ4n) is 2.70. The van der Waals surface area contributed by atoms with E-state index in [-0.39, 0.29) is 6.01 Å². The number of nitrogens with zero attached hydrogens (tertiary/aromatic N) is 4. The average Bonchev–Trinajstić information content (AvgIpc) is 3.29. The molecule has 4 aromatic rings. The van der Waals surface area contributed by atoms with E-state index in [1.807, 2.05) is 36.5 Å². The predicted octanol–water partition coefficient (Wildman–Crippen LogP) is 3.73. The highest BCUT2D eigenvalue weighted by atomic mass is 16.4. The summed E-state index contributed by atoms with van der Waals surface area (Å²) in [5.41, 5.74) is 10.3. The highest BCUT2D eigenvalue weighted by Crippen LogP contribution is 2.31. The van der Waals surface area contributed by atoms with Gasteiger partial charge in [-0.3, -0.25) is 0 Å². The lowest BCUT2D eigenvalue weighted by molar-refractivity contribution is 0.590. The van der Waals surface area contributed by atoms with Crippen LogP contribution < -0.4 is 5.73 Å². The molecular formula is C19H17N5O. The fourth-order valence-corrected chi connectivity index (χ4v) is 2.70. The molecule has 0 radical (unpaired) electrons. The number of hydrogen-bond donors (Lipinski definition) is 1. The molecule has 0 amide bonds. The molecule has 0 atom stereocenters. The van der Waals surface area contributed by atoms with Gasteiger partial charge in [0.25, 0.3) is 5.89 Å². The lowest BCUT2D eigenvalue weighted by Gasteiger charge is -2.02. The summed E-state index contributed by atoms with van der Waals surface area (Å²) in [5.74, 6) is 0.356. The van der Waals surface area contributed by atoms with Crippen LogP contribution in [0.15, 0.2) is 65.2 Å². The standard InChI is InChI=1S/C19H17N5O/c1-2-13-8-10-14(11-9-13)17-16(18-21-22-19(20)25-18)12-24(23-17)15-6-4-3-5-7-15/h3-12H,2H2,1H3,(H2,20,22). The molecule has 2 aromatic carbocycles. The van der Waals surface area contributed by atoms with Crippen molar-refractivity contribution in [3.05, 3.63) is 66.4 Å². The minimum Gasteiger partial charge on any atom is -0.403 e. The maximum absolute atomic E-state index is 5.59. The number of anilines is 1. The van der Waals surface area contributed by atoms with Crippen molar-refractivity contribution < 1.29 is 4.42 Å². The number of para-hydroxylation sites is 1. The van der Waals surface area contributed by atoms with Crippen LogP contribution in [0.25, 0.3) is 28.4 Å².